The molecule has 0 saturated carbocycles. The summed E-state index contributed by atoms with van der Waals surface area (Å²) >= 11 is 0. The topological polar surface area (TPSA) is 103 Å². The van der Waals surface area contributed by atoms with Gasteiger partial charge in [0.2, 0.25) is 11.9 Å². The van der Waals surface area contributed by atoms with Crippen molar-refractivity contribution in [1.29, 1.82) is 0 Å². The number of benzene rings is 1. The number of hydrogen-bond acceptors (Lipinski definition) is 8. The number of alkyl halides is 3. The molecule has 0 unspecified atom stereocenters. The highest BCUT2D eigenvalue weighted by Crippen LogP contribution is 2.31. The number of nitrogens with two attached hydrogens (primary N) is 1. The molecule has 0 radical (unpaired) electrons. The summed E-state index contributed by atoms with van der Waals surface area (Å²) in [5, 5.41) is 0. The molecular formula is C15H16F3N5O3. The Morgan fingerprint density at radius 3 is 2.62 bits per heavy atom. The van der Waals surface area contributed by atoms with Gasteiger partial charge in [-0.2, -0.15) is 28.1 Å². The number of halogens is 3. The van der Waals surface area contributed by atoms with Gasteiger partial charge in [0, 0.05) is 14.1 Å². The molecule has 2 N–H and O–H groups in total. The Balaban J connectivity index is 1.90. The number of aromatic nitrogens is 3. The number of carbonyl (C=O) groups excluding carboxylic acids is 1. The number of nitrogen functional groups attached to an aromatic ring is 1. The summed E-state index contributed by atoms with van der Waals surface area (Å²) in [6, 6.07) is 4.18. The zero-order valence-electron chi connectivity index (χ0n) is 13.9. The van der Waals surface area contributed by atoms with Gasteiger partial charge in [-0.25, -0.2) is 4.79 Å². The van der Waals surface area contributed by atoms with E-state index in [0.717, 1.165) is 12.1 Å². The summed E-state index contributed by atoms with van der Waals surface area (Å²) in [7, 11) is 3.40. The molecule has 1 aromatic carbocycles. The van der Waals surface area contributed by atoms with Gasteiger partial charge in [-0.15, -0.1) is 0 Å². The Hall–Kier alpha value is -3.11. The Morgan fingerprint density at radius 2 is 1.96 bits per heavy atom. The lowest BCUT2D eigenvalue weighted by Crippen LogP contribution is -2.19. The third kappa shape index (κ3) is 5.46. The van der Waals surface area contributed by atoms with Gasteiger partial charge in [0.05, 0.1) is 5.56 Å². The highest BCUT2D eigenvalue weighted by atomic mass is 19.4. The van der Waals surface area contributed by atoms with Gasteiger partial charge in [0.15, 0.2) is 19.0 Å². The van der Waals surface area contributed by atoms with Gasteiger partial charge in [-0.1, -0.05) is 6.07 Å². The largest absolute Gasteiger partial charge is 0.482 e. The van der Waals surface area contributed by atoms with E-state index in [0.29, 0.717) is 5.95 Å². The number of esters is 1. The van der Waals surface area contributed by atoms with Crippen LogP contribution in [-0.4, -0.2) is 41.6 Å². The highest BCUT2D eigenvalue weighted by molar-refractivity contribution is 5.71. The Bertz CT molecular complexity index is 783. The Morgan fingerprint density at radius 1 is 1.23 bits per heavy atom. The fourth-order valence-corrected chi connectivity index (χ4v) is 1.78. The lowest BCUT2D eigenvalue weighted by Gasteiger charge is -2.12. The predicted molar refractivity (Wildman–Crippen MR) is 85.3 cm³/mol. The summed E-state index contributed by atoms with van der Waals surface area (Å²) in [4.78, 5) is 25.1. The molecule has 11 heteroatoms. The zero-order chi connectivity index (χ0) is 19.3. The Kier molecular flexibility index (Phi) is 5.80. The van der Waals surface area contributed by atoms with Crippen LogP contribution >= 0.6 is 0 Å². The fraction of sp³-hybridized carbons (Fsp3) is 0.333. The molecule has 0 atom stereocenters. The summed E-state index contributed by atoms with van der Waals surface area (Å²) in [6.45, 7) is -0.846. The molecule has 0 aliphatic rings. The van der Waals surface area contributed by atoms with Crippen LogP contribution in [0.5, 0.6) is 5.75 Å². The van der Waals surface area contributed by atoms with Crippen molar-refractivity contribution in [3.63, 3.8) is 0 Å². The smallest absolute Gasteiger partial charge is 0.416 e. The quantitative estimate of drug-likeness (QED) is 0.765. The van der Waals surface area contributed by atoms with Crippen molar-refractivity contribution in [3.05, 3.63) is 35.7 Å². The van der Waals surface area contributed by atoms with Gasteiger partial charge in [0.25, 0.3) is 0 Å². The van der Waals surface area contributed by atoms with E-state index < -0.39 is 24.3 Å². The molecule has 0 aliphatic carbocycles. The number of nitrogens with zero attached hydrogens (tertiary/aromatic N) is 4. The molecule has 2 aromatic rings. The molecule has 0 bridgehead atoms. The van der Waals surface area contributed by atoms with Crippen LogP contribution in [-0.2, 0) is 22.3 Å². The van der Waals surface area contributed by atoms with E-state index in [1.54, 1.807) is 19.0 Å². The van der Waals surface area contributed by atoms with Crippen molar-refractivity contribution >= 4 is 17.9 Å². The average Bonchev–Trinajstić information content (AvgIpc) is 2.57. The first-order valence-electron chi connectivity index (χ1n) is 7.28. The van der Waals surface area contributed by atoms with Crippen molar-refractivity contribution in [3.8, 4) is 5.75 Å². The van der Waals surface area contributed by atoms with Crippen molar-refractivity contribution in [2.45, 2.75) is 12.8 Å². The third-order valence-electron chi connectivity index (χ3n) is 2.97. The standard InChI is InChI=1S/C15H16F3N5O3/c1-23(2)14-21-11(20-13(19)22-14)7-26-12(24)8-25-10-5-3-4-9(6-10)15(16,17)18/h3-6H,7-8H2,1-2H3,(H2,19,20,21,22). The molecular weight excluding hydrogens is 355 g/mol. The molecule has 8 nitrogen and oxygen atoms in total. The third-order valence-corrected chi connectivity index (χ3v) is 2.97. The second kappa shape index (κ2) is 7.85. The predicted octanol–water partition coefficient (Wildman–Crippen LogP) is 1.66. The van der Waals surface area contributed by atoms with Crippen molar-refractivity contribution < 1.29 is 27.4 Å². The number of anilines is 2. The molecule has 0 saturated heterocycles. The number of carbonyl (C=O) groups is 1. The molecule has 26 heavy (non-hydrogen) atoms. The minimum Gasteiger partial charge on any atom is -0.482 e. The van der Waals surface area contributed by atoms with Crippen LogP contribution in [0.3, 0.4) is 0 Å². The SMILES string of the molecule is CN(C)c1nc(N)nc(COC(=O)COc2cccc(C(F)(F)F)c2)n1. The summed E-state index contributed by atoms with van der Waals surface area (Å²) < 4.78 is 47.8. The van der Waals surface area contributed by atoms with E-state index in [9.17, 15) is 18.0 Å². The average molecular weight is 371 g/mol. The van der Waals surface area contributed by atoms with Gasteiger partial charge >= 0.3 is 12.1 Å². The molecule has 1 aromatic heterocycles. The van der Waals surface area contributed by atoms with Crippen LogP contribution in [0.25, 0.3) is 0 Å². The molecule has 140 valence electrons. The zero-order valence-corrected chi connectivity index (χ0v) is 13.9. The maximum Gasteiger partial charge on any atom is 0.416 e. The summed E-state index contributed by atoms with van der Waals surface area (Å²) in [6.07, 6.45) is -4.50. The van der Waals surface area contributed by atoms with Crippen molar-refractivity contribution in [2.75, 3.05) is 31.3 Å². The van der Waals surface area contributed by atoms with E-state index in [1.165, 1.54) is 12.1 Å². The molecule has 0 amide bonds. The molecule has 2 rings (SSSR count). The normalized spacial score (nSPS) is 11.1. The number of ether oxygens (including phenoxy) is 2. The molecule has 1 heterocycles. The lowest BCUT2D eigenvalue weighted by atomic mass is 10.2. The maximum absolute atomic E-state index is 12.6. The first-order valence-corrected chi connectivity index (χ1v) is 7.28. The van der Waals surface area contributed by atoms with Crippen LogP contribution < -0.4 is 15.4 Å². The minimum atomic E-state index is -4.50. The van der Waals surface area contributed by atoms with Gasteiger partial charge in [-0.3, -0.25) is 0 Å². The van der Waals surface area contributed by atoms with Crippen LogP contribution in [0.4, 0.5) is 25.1 Å². The summed E-state index contributed by atoms with van der Waals surface area (Å²) in [5.41, 5.74) is 4.67. The van der Waals surface area contributed by atoms with E-state index >= 15 is 0 Å². The summed E-state index contributed by atoms with van der Waals surface area (Å²) in [5.74, 6) is -0.503. The van der Waals surface area contributed by atoms with Crippen LogP contribution in [0.1, 0.15) is 11.4 Å². The second-order valence-corrected chi connectivity index (χ2v) is 5.28. The van der Waals surface area contributed by atoms with Crippen LogP contribution in [0, 0.1) is 0 Å². The highest BCUT2D eigenvalue weighted by Gasteiger charge is 2.30. The minimum absolute atomic E-state index is 0.0324. The van der Waals surface area contributed by atoms with Crippen LogP contribution in [0.2, 0.25) is 0 Å². The van der Waals surface area contributed by atoms with E-state index in [4.69, 9.17) is 15.2 Å². The van der Waals surface area contributed by atoms with Crippen molar-refractivity contribution in [2.24, 2.45) is 0 Å². The number of rotatable bonds is 6. The van der Waals surface area contributed by atoms with E-state index in [1.807, 2.05) is 0 Å². The van der Waals surface area contributed by atoms with Crippen LogP contribution in [0.15, 0.2) is 24.3 Å². The second-order valence-electron chi connectivity index (χ2n) is 5.28. The first kappa shape index (κ1) is 19.2. The monoisotopic (exact) mass is 371 g/mol. The van der Waals surface area contributed by atoms with Gasteiger partial charge in [-0.05, 0) is 18.2 Å². The van der Waals surface area contributed by atoms with Crippen molar-refractivity contribution in [1.82, 2.24) is 15.0 Å². The number of hydrogen-bond donors (Lipinski definition) is 1. The van der Waals surface area contributed by atoms with E-state index in [2.05, 4.69) is 15.0 Å². The van der Waals surface area contributed by atoms with E-state index in [-0.39, 0.29) is 24.1 Å². The van der Waals surface area contributed by atoms with Gasteiger partial charge < -0.3 is 20.1 Å². The Labute approximate surface area is 146 Å². The molecule has 0 fully saturated rings. The fourth-order valence-electron chi connectivity index (χ4n) is 1.78. The molecule has 0 spiro atoms. The first-order chi connectivity index (χ1) is 12.1. The molecule has 0 aliphatic heterocycles. The van der Waals surface area contributed by atoms with Gasteiger partial charge in [0.1, 0.15) is 5.75 Å². The lowest BCUT2D eigenvalue weighted by molar-refractivity contribution is -0.147. The maximum atomic E-state index is 12.6.